The second kappa shape index (κ2) is 8.70. The van der Waals surface area contributed by atoms with Gasteiger partial charge in [-0.3, -0.25) is 9.59 Å². The van der Waals surface area contributed by atoms with E-state index in [2.05, 4.69) is 16.0 Å². The van der Waals surface area contributed by atoms with Crippen molar-refractivity contribution in [2.45, 2.75) is 25.9 Å². The first-order valence-corrected chi connectivity index (χ1v) is 8.63. The van der Waals surface area contributed by atoms with Crippen molar-refractivity contribution in [1.29, 1.82) is 0 Å². The van der Waals surface area contributed by atoms with Crippen LogP contribution in [0.2, 0.25) is 0 Å². The number of methoxy groups -OCH3 is 1. The first-order valence-electron chi connectivity index (χ1n) is 8.63. The summed E-state index contributed by atoms with van der Waals surface area (Å²) in [4.78, 5) is 24.5. The van der Waals surface area contributed by atoms with Crippen LogP contribution in [-0.4, -0.2) is 51.3 Å². The van der Waals surface area contributed by atoms with Crippen molar-refractivity contribution in [2.24, 2.45) is 5.41 Å². The van der Waals surface area contributed by atoms with E-state index in [1.54, 1.807) is 32.2 Å². The van der Waals surface area contributed by atoms with Crippen molar-refractivity contribution >= 4 is 29.9 Å². The van der Waals surface area contributed by atoms with Crippen molar-refractivity contribution in [2.75, 3.05) is 38.7 Å². The molecule has 0 spiro atoms. The van der Waals surface area contributed by atoms with Crippen LogP contribution >= 0.6 is 12.4 Å². The van der Waals surface area contributed by atoms with E-state index in [-0.39, 0.29) is 29.6 Å². The third kappa shape index (κ3) is 4.28. The third-order valence-corrected chi connectivity index (χ3v) is 4.92. The number of hydrogen-bond acceptors (Lipinski definition) is 5. The minimum Gasteiger partial charge on any atom is -0.478 e. The molecule has 7 nitrogen and oxygen atoms in total. The Morgan fingerprint density at radius 3 is 2.81 bits per heavy atom. The standard InChI is InChI=1S/C18H25N3O4.ClH/c1-12-16(22)21-14-5-3-4-13(15(14)25-12)17(23)20-10-18(11-24-2)6-8-19-9-7-18;/h3-5,12,19H,6-11H2,1-2H3,(H,20,23)(H,21,22);1H. The lowest BCUT2D eigenvalue weighted by Gasteiger charge is -2.37. The first-order chi connectivity index (χ1) is 12.0. The number of carbonyl (C=O) groups excluding carboxylic acids is 2. The van der Waals surface area contributed by atoms with Crippen LogP contribution in [0.1, 0.15) is 30.1 Å². The van der Waals surface area contributed by atoms with Gasteiger partial charge in [-0.15, -0.1) is 12.4 Å². The number of benzene rings is 1. The van der Waals surface area contributed by atoms with Crippen molar-refractivity contribution in [3.63, 3.8) is 0 Å². The van der Waals surface area contributed by atoms with E-state index in [9.17, 15) is 9.59 Å². The van der Waals surface area contributed by atoms with Crippen molar-refractivity contribution in [3.05, 3.63) is 23.8 Å². The molecule has 3 rings (SSSR count). The highest BCUT2D eigenvalue weighted by atomic mass is 35.5. The van der Waals surface area contributed by atoms with E-state index in [1.807, 2.05) is 0 Å². The molecule has 2 aliphatic rings. The molecule has 0 saturated carbocycles. The van der Waals surface area contributed by atoms with E-state index in [0.29, 0.717) is 30.2 Å². The van der Waals surface area contributed by atoms with Crippen LogP contribution < -0.4 is 20.7 Å². The number of ether oxygens (including phenoxy) is 2. The van der Waals surface area contributed by atoms with Crippen molar-refractivity contribution < 1.29 is 19.1 Å². The number of piperidine rings is 1. The van der Waals surface area contributed by atoms with Gasteiger partial charge < -0.3 is 25.4 Å². The van der Waals surface area contributed by atoms with Gasteiger partial charge in [0.2, 0.25) is 0 Å². The maximum Gasteiger partial charge on any atom is 0.265 e. The summed E-state index contributed by atoms with van der Waals surface area (Å²) in [5.41, 5.74) is 0.919. The summed E-state index contributed by atoms with van der Waals surface area (Å²) in [6, 6.07) is 5.18. The molecule has 0 radical (unpaired) electrons. The third-order valence-electron chi connectivity index (χ3n) is 4.92. The van der Waals surface area contributed by atoms with Gasteiger partial charge in [0.25, 0.3) is 11.8 Å². The van der Waals surface area contributed by atoms with Gasteiger partial charge in [0, 0.05) is 19.1 Å². The fourth-order valence-electron chi connectivity index (χ4n) is 3.40. The van der Waals surface area contributed by atoms with E-state index < -0.39 is 6.10 Å². The molecule has 8 heteroatoms. The van der Waals surface area contributed by atoms with Gasteiger partial charge in [0.15, 0.2) is 11.9 Å². The van der Waals surface area contributed by atoms with Gasteiger partial charge >= 0.3 is 0 Å². The van der Waals surface area contributed by atoms with Gasteiger partial charge in [-0.05, 0) is 45.0 Å². The highest BCUT2D eigenvalue weighted by molar-refractivity contribution is 6.03. The Morgan fingerprint density at radius 1 is 1.38 bits per heavy atom. The zero-order valence-corrected chi connectivity index (χ0v) is 15.9. The predicted molar refractivity (Wildman–Crippen MR) is 101 cm³/mol. The fraction of sp³-hybridized carbons (Fsp3) is 0.556. The van der Waals surface area contributed by atoms with Gasteiger partial charge in [-0.2, -0.15) is 0 Å². The molecule has 1 aromatic carbocycles. The number of amides is 2. The van der Waals surface area contributed by atoms with Gasteiger partial charge in [-0.1, -0.05) is 6.07 Å². The summed E-state index contributed by atoms with van der Waals surface area (Å²) in [6.45, 7) is 4.67. The summed E-state index contributed by atoms with van der Waals surface area (Å²) < 4.78 is 11.0. The monoisotopic (exact) mass is 383 g/mol. The molecule has 0 aromatic heterocycles. The van der Waals surface area contributed by atoms with Gasteiger partial charge in [0.05, 0.1) is 17.9 Å². The topological polar surface area (TPSA) is 88.7 Å². The normalized spacial score (nSPS) is 20.8. The Hall–Kier alpha value is -1.83. The average molecular weight is 384 g/mol. The SMILES string of the molecule is COCC1(CNC(=O)c2cccc3c2OC(C)C(=O)N3)CCNCC1.Cl. The Kier molecular flexibility index (Phi) is 6.86. The molecule has 1 aromatic rings. The molecule has 3 N–H and O–H groups in total. The van der Waals surface area contributed by atoms with Crippen LogP contribution in [0.15, 0.2) is 18.2 Å². The Bertz CT molecular complexity index is 656. The molecular weight excluding hydrogens is 358 g/mol. The molecule has 2 heterocycles. The lowest BCUT2D eigenvalue weighted by atomic mass is 9.79. The summed E-state index contributed by atoms with van der Waals surface area (Å²) in [6.07, 6.45) is 1.29. The van der Waals surface area contributed by atoms with Gasteiger partial charge in [-0.25, -0.2) is 0 Å². The van der Waals surface area contributed by atoms with Crippen LogP contribution in [-0.2, 0) is 9.53 Å². The van der Waals surface area contributed by atoms with E-state index >= 15 is 0 Å². The second-order valence-corrected chi connectivity index (χ2v) is 6.80. The summed E-state index contributed by atoms with van der Waals surface area (Å²) in [5, 5.41) is 9.14. The number of para-hydroxylation sites is 1. The quantitative estimate of drug-likeness (QED) is 0.718. The lowest BCUT2D eigenvalue weighted by Crippen LogP contribution is -2.47. The Morgan fingerprint density at radius 2 is 2.12 bits per heavy atom. The smallest absolute Gasteiger partial charge is 0.265 e. The first kappa shape index (κ1) is 20.5. The van der Waals surface area contributed by atoms with Crippen LogP contribution in [0, 0.1) is 5.41 Å². The van der Waals surface area contributed by atoms with Crippen molar-refractivity contribution in [3.8, 4) is 5.75 Å². The Balaban J connectivity index is 0.00000243. The number of anilines is 1. The van der Waals surface area contributed by atoms with Crippen molar-refractivity contribution in [1.82, 2.24) is 10.6 Å². The lowest BCUT2D eigenvalue weighted by molar-refractivity contribution is -0.122. The summed E-state index contributed by atoms with van der Waals surface area (Å²) >= 11 is 0. The summed E-state index contributed by atoms with van der Waals surface area (Å²) in [7, 11) is 1.69. The predicted octanol–water partition coefficient (Wildman–Crippen LogP) is 1.57. The molecule has 0 bridgehead atoms. The molecule has 26 heavy (non-hydrogen) atoms. The van der Waals surface area contributed by atoms with Crippen LogP contribution in [0.5, 0.6) is 5.75 Å². The van der Waals surface area contributed by atoms with Crippen LogP contribution in [0.4, 0.5) is 5.69 Å². The molecule has 1 unspecified atom stereocenters. The highest BCUT2D eigenvalue weighted by Crippen LogP contribution is 2.34. The molecule has 1 atom stereocenters. The van der Waals surface area contributed by atoms with Crippen LogP contribution in [0.25, 0.3) is 0 Å². The molecule has 144 valence electrons. The number of hydrogen-bond donors (Lipinski definition) is 3. The zero-order chi connectivity index (χ0) is 17.9. The number of carbonyl (C=O) groups is 2. The van der Waals surface area contributed by atoms with Gasteiger partial charge in [0.1, 0.15) is 0 Å². The zero-order valence-electron chi connectivity index (χ0n) is 15.1. The summed E-state index contributed by atoms with van der Waals surface area (Å²) in [5.74, 6) is 0.0197. The molecule has 1 fully saturated rings. The number of nitrogens with one attached hydrogen (secondary N) is 3. The van der Waals surface area contributed by atoms with E-state index in [1.165, 1.54) is 0 Å². The van der Waals surface area contributed by atoms with E-state index in [4.69, 9.17) is 9.47 Å². The maximum atomic E-state index is 12.7. The minimum absolute atomic E-state index is 0. The molecule has 2 aliphatic heterocycles. The fourth-order valence-corrected chi connectivity index (χ4v) is 3.40. The maximum absolute atomic E-state index is 12.7. The number of rotatable bonds is 5. The minimum atomic E-state index is -0.620. The van der Waals surface area contributed by atoms with Crippen LogP contribution in [0.3, 0.4) is 0 Å². The molecule has 2 amide bonds. The molecule has 1 saturated heterocycles. The largest absolute Gasteiger partial charge is 0.478 e. The molecule has 0 aliphatic carbocycles. The van der Waals surface area contributed by atoms with E-state index in [0.717, 1.165) is 25.9 Å². The second-order valence-electron chi connectivity index (χ2n) is 6.80. The number of halogens is 1. The Labute approximate surface area is 159 Å². The average Bonchev–Trinajstić information content (AvgIpc) is 2.61. The number of fused-ring (bicyclic) bond motifs is 1. The highest BCUT2D eigenvalue weighted by Gasteiger charge is 2.33. The molecular formula is C18H26ClN3O4.